The molecule has 0 radical (unpaired) electrons. The van der Waals surface area contributed by atoms with E-state index in [0.717, 1.165) is 38.6 Å². The van der Waals surface area contributed by atoms with E-state index in [0.29, 0.717) is 0 Å². The van der Waals surface area contributed by atoms with E-state index in [1.54, 1.807) is 27.5 Å². The molecule has 0 heterocycles. The van der Waals surface area contributed by atoms with Crippen molar-refractivity contribution < 1.29 is 13.3 Å². The lowest BCUT2D eigenvalue weighted by molar-refractivity contribution is 0.121. The number of hydrogen-bond acceptors (Lipinski definition) is 5. The van der Waals surface area contributed by atoms with E-state index in [4.69, 9.17) is 13.3 Å². The maximum Gasteiger partial charge on any atom is 0.500 e. The van der Waals surface area contributed by atoms with Crippen LogP contribution >= 0.6 is 12.4 Å². The molecule has 0 unspecified atom stereocenters. The van der Waals surface area contributed by atoms with E-state index in [1.165, 1.54) is 5.56 Å². The van der Waals surface area contributed by atoms with Crippen LogP contribution in [0.2, 0.25) is 6.04 Å². The van der Waals surface area contributed by atoms with E-state index < -0.39 is 8.80 Å². The Bertz CT molecular complexity index is 425. The third-order valence-corrected chi connectivity index (χ3v) is 6.69. The summed E-state index contributed by atoms with van der Waals surface area (Å²) in [5, 5.41) is 3.16. The standard InChI is InChI=1S/C17H30N2O3Si.ClH/c1-5-18-12-14-19(16-17-10-7-6-8-11-17)13-9-15-23(20-2,21-3)22-4;/h5-8,10-11,18H,1,9,12-16H2,2-4H3;1H. The van der Waals surface area contributed by atoms with E-state index in [2.05, 4.69) is 41.1 Å². The molecule has 0 aliphatic heterocycles. The molecule has 24 heavy (non-hydrogen) atoms. The van der Waals surface area contributed by atoms with Gasteiger partial charge in [0, 0.05) is 47.0 Å². The average molecular weight is 375 g/mol. The molecule has 0 saturated heterocycles. The summed E-state index contributed by atoms with van der Waals surface area (Å²) in [6, 6.07) is 11.3. The summed E-state index contributed by atoms with van der Waals surface area (Å²) in [5.74, 6) is 0. The van der Waals surface area contributed by atoms with Gasteiger partial charge in [-0.25, -0.2) is 0 Å². The zero-order valence-electron chi connectivity index (χ0n) is 15.0. The second kappa shape index (κ2) is 13.4. The smallest absolute Gasteiger partial charge is 0.390 e. The monoisotopic (exact) mass is 374 g/mol. The van der Waals surface area contributed by atoms with Gasteiger partial charge in [0.2, 0.25) is 0 Å². The fraction of sp³-hybridized carbons (Fsp3) is 0.529. The van der Waals surface area contributed by atoms with Crippen LogP contribution in [-0.2, 0) is 19.8 Å². The third-order valence-electron chi connectivity index (χ3n) is 3.86. The average Bonchev–Trinajstić information content (AvgIpc) is 2.60. The molecule has 0 fully saturated rings. The van der Waals surface area contributed by atoms with Gasteiger partial charge in [0.25, 0.3) is 0 Å². The Labute approximate surface area is 153 Å². The fourth-order valence-electron chi connectivity index (χ4n) is 2.51. The molecule has 5 nitrogen and oxygen atoms in total. The minimum Gasteiger partial charge on any atom is -0.390 e. The molecule has 1 N–H and O–H groups in total. The topological polar surface area (TPSA) is 43.0 Å². The van der Waals surface area contributed by atoms with Gasteiger partial charge in [-0.3, -0.25) is 4.90 Å². The molecule has 0 amide bonds. The highest BCUT2D eigenvalue weighted by Gasteiger charge is 2.36. The number of benzene rings is 1. The summed E-state index contributed by atoms with van der Waals surface area (Å²) in [4.78, 5) is 2.42. The highest BCUT2D eigenvalue weighted by atomic mass is 35.5. The number of nitrogens with zero attached hydrogens (tertiary/aromatic N) is 1. The van der Waals surface area contributed by atoms with Crippen LogP contribution < -0.4 is 5.32 Å². The quantitative estimate of drug-likeness (QED) is 0.424. The zero-order valence-corrected chi connectivity index (χ0v) is 16.8. The molecule has 1 rings (SSSR count). The summed E-state index contributed by atoms with van der Waals surface area (Å²) < 4.78 is 16.5. The summed E-state index contributed by atoms with van der Waals surface area (Å²) in [6.07, 6.45) is 2.71. The van der Waals surface area contributed by atoms with Gasteiger partial charge in [-0.05, 0) is 24.7 Å². The Morgan fingerprint density at radius 1 is 1.08 bits per heavy atom. The van der Waals surface area contributed by atoms with Crippen LogP contribution in [0.15, 0.2) is 43.1 Å². The molecule has 0 spiro atoms. The van der Waals surface area contributed by atoms with Gasteiger partial charge in [-0.15, -0.1) is 12.4 Å². The van der Waals surface area contributed by atoms with Crippen molar-refractivity contribution in [1.29, 1.82) is 0 Å². The van der Waals surface area contributed by atoms with Crippen molar-refractivity contribution in [3.63, 3.8) is 0 Å². The molecule has 0 saturated carbocycles. The van der Waals surface area contributed by atoms with Crippen LogP contribution in [0.4, 0.5) is 0 Å². The Kier molecular flexibility index (Phi) is 12.9. The third kappa shape index (κ3) is 8.28. The molecule has 0 aromatic heterocycles. The lowest BCUT2D eigenvalue weighted by Gasteiger charge is -2.27. The van der Waals surface area contributed by atoms with Crippen LogP contribution in [0.5, 0.6) is 0 Å². The number of rotatable bonds is 13. The van der Waals surface area contributed by atoms with Gasteiger partial charge in [0.05, 0.1) is 0 Å². The van der Waals surface area contributed by atoms with Crippen LogP contribution in [0.1, 0.15) is 12.0 Å². The molecule has 0 aliphatic carbocycles. The first-order valence-corrected chi connectivity index (χ1v) is 9.89. The number of halogens is 1. The molecular formula is C17H31ClN2O3Si. The van der Waals surface area contributed by atoms with E-state index in [9.17, 15) is 0 Å². The van der Waals surface area contributed by atoms with Gasteiger partial charge in [-0.1, -0.05) is 36.9 Å². The largest absolute Gasteiger partial charge is 0.500 e. The molecule has 138 valence electrons. The maximum atomic E-state index is 5.49. The Morgan fingerprint density at radius 2 is 1.71 bits per heavy atom. The van der Waals surface area contributed by atoms with Crippen molar-refractivity contribution in [2.75, 3.05) is 41.0 Å². The predicted octanol–water partition coefficient (Wildman–Crippen LogP) is 2.91. The van der Waals surface area contributed by atoms with E-state index >= 15 is 0 Å². The molecule has 0 atom stereocenters. The second-order valence-electron chi connectivity index (χ2n) is 5.32. The maximum absolute atomic E-state index is 5.49. The molecule has 7 heteroatoms. The molecular weight excluding hydrogens is 344 g/mol. The van der Waals surface area contributed by atoms with Gasteiger partial charge < -0.3 is 18.6 Å². The van der Waals surface area contributed by atoms with Gasteiger partial charge in [0.15, 0.2) is 0 Å². The minimum absolute atomic E-state index is 0. The van der Waals surface area contributed by atoms with Crippen LogP contribution in [0, 0.1) is 0 Å². The van der Waals surface area contributed by atoms with Gasteiger partial charge in [0.1, 0.15) is 0 Å². The normalized spacial score (nSPS) is 11.2. The van der Waals surface area contributed by atoms with Gasteiger partial charge >= 0.3 is 8.80 Å². The first kappa shape index (κ1) is 23.1. The van der Waals surface area contributed by atoms with Crippen LogP contribution in [-0.4, -0.2) is 54.7 Å². The SMILES string of the molecule is C=CNCCN(CCC[Si](OC)(OC)OC)Cc1ccccc1.Cl. The lowest BCUT2D eigenvalue weighted by atomic mass is 10.2. The first-order valence-electron chi connectivity index (χ1n) is 7.95. The van der Waals surface area contributed by atoms with E-state index in [1.807, 2.05) is 6.07 Å². The Hall–Kier alpha value is -0.893. The van der Waals surface area contributed by atoms with Crippen molar-refractivity contribution in [1.82, 2.24) is 10.2 Å². The predicted molar refractivity (Wildman–Crippen MR) is 103 cm³/mol. The summed E-state index contributed by atoms with van der Waals surface area (Å²) in [5.41, 5.74) is 1.32. The number of nitrogens with one attached hydrogen (secondary N) is 1. The van der Waals surface area contributed by atoms with Crippen LogP contribution in [0.25, 0.3) is 0 Å². The van der Waals surface area contributed by atoms with Crippen molar-refractivity contribution in [2.24, 2.45) is 0 Å². The summed E-state index contributed by atoms with van der Waals surface area (Å²) in [6.45, 7) is 7.45. The zero-order chi connectivity index (χ0) is 17.0. The molecule has 1 aromatic carbocycles. The summed E-state index contributed by atoms with van der Waals surface area (Å²) >= 11 is 0. The molecule has 0 bridgehead atoms. The highest BCUT2D eigenvalue weighted by Crippen LogP contribution is 2.16. The molecule has 0 aliphatic rings. The lowest BCUT2D eigenvalue weighted by Crippen LogP contribution is -2.43. The van der Waals surface area contributed by atoms with E-state index in [-0.39, 0.29) is 12.4 Å². The first-order chi connectivity index (χ1) is 11.2. The minimum atomic E-state index is -2.47. The Balaban J connectivity index is 0.00000529. The van der Waals surface area contributed by atoms with Crippen molar-refractivity contribution in [3.8, 4) is 0 Å². The fourth-order valence-corrected chi connectivity index (χ4v) is 4.22. The molecule has 1 aromatic rings. The van der Waals surface area contributed by atoms with Gasteiger partial charge in [-0.2, -0.15) is 0 Å². The van der Waals surface area contributed by atoms with Crippen molar-refractivity contribution in [3.05, 3.63) is 48.7 Å². The second-order valence-corrected chi connectivity index (χ2v) is 8.41. The Morgan fingerprint density at radius 3 is 2.25 bits per heavy atom. The number of hydrogen-bond donors (Lipinski definition) is 1. The van der Waals surface area contributed by atoms with Crippen molar-refractivity contribution in [2.45, 2.75) is 19.0 Å². The van der Waals surface area contributed by atoms with Crippen LogP contribution in [0.3, 0.4) is 0 Å². The highest BCUT2D eigenvalue weighted by molar-refractivity contribution is 6.60. The van der Waals surface area contributed by atoms with Crippen molar-refractivity contribution >= 4 is 21.2 Å². The summed E-state index contributed by atoms with van der Waals surface area (Å²) in [7, 11) is 2.51.